The fourth-order valence-corrected chi connectivity index (χ4v) is 2.83. The third-order valence-electron chi connectivity index (χ3n) is 4.17. The molecular weight excluding hydrogens is 374 g/mol. The van der Waals surface area contributed by atoms with Gasteiger partial charge in [0.15, 0.2) is 17.3 Å². The normalized spacial score (nSPS) is 10.6. The fraction of sp³-hybridized carbons (Fsp3) is 0.0952. The Morgan fingerprint density at radius 1 is 0.966 bits per heavy atom. The number of benzene rings is 2. The molecule has 0 atom stereocenters. The number of aromatic nitrogens is 2. The van der Waals surface area contributed by atoms with E-state index in [0.29, 0.717) is 40.0 Å². The second-order valence-electron chi connectivity index (χ2n) is 5.97. The number of furan rings is 1. The SMILES string of the molecule is COc1cccc(C(=O)Nc2cccc(-c3nnc(-c4ccco4)o3)c2)c1OC. The Morgan fingerprint density at radius 2 is 1.79 bits per heavy atom. The smallest absolute Gasteiger partial charge is 0.283 e. The van der Waals surface area contributed by atoms with E-state index in [1.807, 2.05) is 0 Å². The van der Waals surface area contributed by atoms with Crippen molar-refractivity contribution in [2.45, 2.75) is 0 Å². The highest BCUT2D eigenvalue weighted by Crippen LogP contribution is 2.31. The van der Waals surface area contributed by atoms with E-state index in [-0.39, 0.29) is 11.8 Å². The van der Waals surface area contributed by atoms with Crippen molar-refractivity contribution < 1.29 is 23.1 Å². The van der Waals surface area contributed by atoms with E-state index in [0.717, 1.165) is 0 Å². The maximum Gasteiger partial charge on any atom is 0.283 e. The van der Waals surface area contributed by atoms with Gasteiger partial charge < -0.3 is 23.6 Å². The Labute approximate surface area is 166 Å². The minimum absolute atomic E-state index is 0.278. The van der Waals surface area contributed by atoms with E-state index in [4.69, 9.17) is 18.3 Å². The Morgan fingerprint density at radius 3 is 2.55 bits per heavy atom. The van der Waals surface area contributed by atoms with Crippen molar-refractivity contribution in [3.63, 3.8) is 0 Å². The molecule has 8 heteroatoms. The standard InChI is InChI=1S/C21H17N3O5/c1-26-16-9-4-8-15(18(16)27-2)19(25)22-14-7-3-6-13(12-14)20-23-24-21(29-20)17-10-5-11-28-17/h3-12H,1-2H3,(H,22,25). The van der Waals surface area contributed by atoms with Crippen molar-refractivity contribution in [2.75, 3.05) is 19.5 Å². The molecule has 2 aromatic heterocycles. The van der Waals surface area contributed by atoms with Crippen molar-refractivity contribution in [2.24, 2.45) is 0 Å². The van der Waals surface area contributed by atoms with Crippen LogP contribution < -0.4 is 14.8 Å². The van der Waals surface area contributed by atoms with Crippen LogP contribution in [0, 0.1) is 0 Å². The van der Waals surface area contributed by atoms with E-state index in [2.05, 4.69) is 15.5 Å². The zero-order valence-corrected chi connectivity index (χ0v) is 15.7. The Bertz CT molecular complexity index is 1130. The summed E-state index contributed by atoms with van der Waals surface area (Å²) < 4.78 is 21.5. The molecule has 1 N–H and O–H groups in total. The first-order valence-corrected chi connectivity index (χ1v) is 8.69. The van der Waals surface area contributed by atoms with Gasteiger partial charge in [-0.1, -0.05) is 12.1 Å². The number of nitrogens with zero attached hydrogens (tertiary/aromatic N) is 2. The quantitative estimate of drug-likeness (QED) is 0.524. The van der Waals surface area contributed by atoms with Gasteiger partial charge in [0.05, 0.1) is 26.0 Å². The lowest BCUT2D eigenvalue weighted by Gasteiger charge is -2.12. The number of nitrogens with one attached hydrogen (secondary N) is 1. The highest BCUT2D eigenvalue weighted by molar-refractivity contribution is 6.07. The minimum atomic E-state index is -0.334. The van der Waals surface area contributed by atoms with Crippen molar-refractivity contribution in [1.82, 2.24) is 10.2 Å². The van der Waals surface area contributed by atoms with Crippen molar-refractivity contribution in [3.05, 3.63) is 66.4 Å². The molecule has 0 aliphatic carbocycles. The third kappa shape index (κ3) is 3.68. The zero-order valence-electron chi connectivity index (χ0n) is 15.7. The summed E-state index contributed by atoms with van der Waals surface area (Å²) in [5.41, 5.74) is 1.58. The molecule has 0 aliphatic rings. The molecule has 8 nitrogen and oxygen atoms in total. The molecule has 0 saturated heterocycles. The van der Waals surface area contributed by atoms with Gasteiger partial charge >= 0.3 is 0 Å². The van der Waals surface area contributed by atoms with E-state index < -0.39 is 0 Å². The molecule has 0 aliphatic heterocycles. The summed E-state index contributed by atoms with van der Waals surface area (Å²) in [6.45, 7) is 0. The molecule has 0 spiro atoms. The highest BCUT2D eigenvalue weighted by Gasteiger charge is 2.17. The number of ether oxygens (including phenoxy) is 2. The topological polar surface area (TPSA) is 99.6 Å². The molecule has 2 heterocycles. The second-order valence-corrected chi connectivity index (χ2v) is 5.97. The number of amides is 1. The van der Waals surface area contributed by atoms with Gasteiger partial charge in [-0.15, -0.1) is 10.2 Å². The number of carbonyl (C=O) groups is 1. The number of methoxy groups -OCH3 is 2. The molecule has 2 aromatic carbocycles. The molecule has 4 aromatic rings. The lowest BCUT2D eigenvalue weighted by Crippen LogP contribution is -2.13. The Hall–Kier alpha value is -4.07. The number of hydrogen-bond acceptors (Lipinski definition) is 7. The van der Waals surface area contributed by atoms with Crippen LogP contribution in [0.15, 0.2) is 69.7 Å². The van der Waals surface area contributed by atoms with Gasteiger partial charge in [-0.25, -0.2) is 0 Å². The van der Waals surface area contributed by atoms with Gasteiger partial charge in [-0.05, 0) is 42.5 Å². The van der Waals surface area contributed by atoms with Crippen LogP contribution in [0.1, 0.15) is 10.4 Å². The number of hydrogen-bond donors (Lipinski definition) is 1. The first kappa shape index (κ1) is 18.3. The molecule has 0 saturated carbocycles. The van der Waals surface area contributed by atoms with Crippen LogP contribution in [0.5, 0.6) is 11.5 Å². The first-order valence-electron chi connectivity index (χ1n) is 8.69. The average Bonchev–Trinajstić information content (AvgIpc) is 3.45. The minimum Gasteiger partial charge on any atom is -0.493 e. The number of rotatable bonds is 6. The molecule has 0 bridgehead atoms. The molecular formula is C21H17N3O5. The summed E-state index contributed by atoms with van der Waals surface area (Å²) in [5, 5.41) is 10.9. The predicted molar refractivity (Wildman–Crippen MR) is 105 cm³/mol. The molecule has 1 amide bonds. The van der Waals surface area contributed by atoms with Crippen LogP contribution in [0.4, 0.5) is 5.69 Å². The van der Waals surface area contributed by atoms with Crippen LogP contribution in [0.2, 0.25) is 0 Å². The predicted octanol–water partition coefficient (Wildman–Crippen LogP) is 4.27. The maximum absolute atomic E-state index is 12.8. The van der Waals surface area contributed by atoms with E-state index >= 15 is 0 Å². The summed E-state index contributed by atoms with van der Waals surface area (Å²) in [4.78, 5) is 12.8. The average molecular weight is 391 g/mol. The maximum atomic E-state index is 12.8. The third-order valence-corrected chi connectivity index (χ3v) is 4.17. The van der Waals surface area contributed by atoms with Gasteiger partial charge in [-0.2, -0.15) is 0 Å². The lowest BCUT2D eigenvalue weighted by molar-refractivity contribution is 0.102. The van der Waals surface area contributed by atoms with Gasteiger partial charge in [0.1, 0.15) is 0 Å². The number of para-hydroxylation sites is 1. The van der Waals surface area contributed by atoms with Gasteiger partial charge in [0, 0.05) is 11.3 Å². The van der Waals surface area contributed by atoms with Crippen molar-refractivity contribution in [1.29, 1.82) is 0 Å². The van der Waals surface area contributed by atoms with Gasteiger partial charge in [0.2, 0.25) is 5.89 Å². The highest BCUT2D eigenvalue weighted by atomic mass is 16.5. The van der Waals surface area contributed by atoms with E-state index in [1.54, 1.807) is 54.6 Å². The van der Waals surface area contributed by atoms with Crippen LogP contribution >= 0.6 is 0 Å². The lowest BCUT2D eigenvalue weighted by atomic mass is 10.1. The Balaban J connectivity index is 1.58. The van der Waals surface area contributed by atoms with Crippen LogP contribution in [0.25, 0.3) is 23.1 Å². The monoisotopic (exact) mass is 391 g/mol. The van der Waals surface area contributed by atoms with Crippen molar-refractivity contribution in [3.8, 4) is 34.6 Å². The largest absolute Gasteiger partial charge is 0.493 e. The number of carbonyl (C=O) groups excluding carboxylic acids is 1. The molecule has 29 heavy (non-hydrogen) atoms. The van der Waals surface area contributed by atoms with Crippen LogP contribution in [-0.4, -0.2) is 30.3 Å². The summed E-state index contributed by atoms with van der Waals surface area (Å²) in [5.74, 6) is 1.58. The zero-order chi connectivity index (χ0) is 20.2. The molecule has 0 radical (unpaired) electrons. The second kappa shape index (κ2) is 7.89. The molecule has 0 unspecified atom stereocenters. The fourth-order valence-electron chi connectivity index (χ4n) is 2.83. The van der Waals surface area contributed by atoms with Crippen LogP contribution in [0.3, 0.4) is 0 Å². The van der Waals surface area contributed by atoms with Gasteiger partial charge in [0.25, 0.3) is 11.8 Å². The molecule has 146 valence electrons. The van der Waals surface area contributed by atoms with Crippen molar-refractivity contribution >= 4 is 11.6 Å². The van der Waals surface area contributed by atoms with E-state index in [1.165, 1.54) is 20.5 Å². The Kier molecular flexibility index (Phi) is 4.98. The van der Waals surface area contributed by atoms with E-state index in [9.17, 15) is 4.79 Å². The summed E-state index contributed by atoms with van der Waals surface area (Å²) in [7, 11) is 3.01. The summed E-state index contributed by atoms with van der Waals surface area (Å²) in [6.07, 6.45) is 1.53. The summed E-state index contributed by atoms with van der Waals surface area (Å²) in [6, 6.07) is 15.7. The summed E-state index contributed by atoms with van der Waals surface area (Å²) >= 11 is 0. The number of anilines is 1. The van der Waals surface area contributed by atoms with Crippen LogP contribution in [-0.2, 0) is 0 Å². The molecule has 0 fully saturated rings. The van der Waals surface area contributed by atoms with Gasteiger partial charge in [-0.3, -0.25) is 4.79 Å². The molecule has 4 rings (SSSR count). The first-order chi connectivity index (χ1) is 14.2.